The van der Waals surface area contributed by atoms with Crippen LogP contribution >= 0.6 is 0 Å². The van der Waals surface area contributed by atoms with Gasteiger partial charge in [0.15, 0.2) is 11.5 Å². The molecule has 1 heterocycles. The Morgan fingerprint density at radius 1 is 1.37 bits per heavy atom. The van der Waals surface area contributed by atoms with Crippen LogP contribution in [-0.2, 0) is 27.0 Å². The van der Waals surface area contributed by atoms with Crippen molar-refractivity contribution in [1.29, 1.82) is 0 Å². The summed E-state index contributed by atoms with van der Waals surface area (Å²) in [5, 5.41) is 3.24. The van der Waals surface area contributed by atoms with Crippen LogP contribution in [0.1, 0.15) is 25.5 Å². The third-order valence-electron chi connectivity index (χ3n) is 2.18. The summed E-state index contributed by atoms with van der Waals surface area (Å²) >= 11 is 0. The molecule has 0 amide bonds. The van der Waals surface area contributed by atoms with Gasteiger partial charge in [0.1, 0.15) is 0 Å². The predicted molar refractivity (Wildman–Crippen MR) is 58.1 cm³/mol. The van der Waals surface area contributed by atoms with Crippen LogP contribution in [0.15, 0.2) is 12.3 Å². The molecule has 0 saturated carbocycles. The molecule has 0 unspecified atom stereocenters. The van der Waals surface area contributed by atoms with Crippen molar-refractivity contribution in [3.63, 3.8) is 0 Å². The van der Waals surface area contributed by atoms with Crippen LogP contribution in [0, 0.1) is 0 Å². The zero-order chi connectivity index (χ0) is 14.5. The lowest BCUT2D eigenvalue weighted by Gasteiger charge is -2.03. The van der Waals surface area contributed by atoms with Crippen LogP contribution in [0.3, 0.4) is 0 Å². The van der Waals surface area contributed by atoms with Crippen LogP contribution in [0.5, 0.6) is 0 Å². The van der Waals surface area contributed by atoms with Crippen molar-refractivity contribution in [1.82, 2.24) is 9.78 Å². The van der Waals surface area contributed by atoms with Gasteiger partial charge in [0, 0.05) is 12.6 Å². The Balaban J connectivity index is 2.45. The molecule has 0 fully saturated rings. The van der Waals surface area contributed by atoms with Crippen molar-refractivity contribution >= 4 is 11.8 Å². The van der Waals surface area contributed by atoms with E-state index in [1.807, 2.05) is 0 Å². The van der Waals surface area contributed by atoms with E-state index < -0.39 is 17.8 Å². The van der Waals surface area contributed by atoms with Crippen LogP contribution in [0.4, 0.5) is 13.2 Å². The number of esters is 1. The predicted octanol–water partition coefficient (Wildman–Crippen LogP) is 1.81. The monoisotopic (exact) mass is 278 g/mol. The molecule has 0 aliphatic carbocycles. The number of aromatic nitrogens is 2. The largest absolute Gasteiger partial charge is 0.466 e. The van der Waals surface area contributed by atoms with Crippen LogP contribution in [0.2, 0.25) is 0 Å². The van der Waals surface area contributed by atoms with Gasteiger partial charge in [-0.3, -0.25) is 14.3 Å². The lowest BCUT2D eigenvalue weighted by molar-refractivity contribution is -0.144. The Bertz CT molecular complexity index is 454. The maximum atomic E-state index is 12.3. The number of hydrogen-bond acceptors (Lipinski definition) is 4. The van der Waals surface area contributed by atoms with E-state index in [-0.39, 0.29) is 31.8 Å². The van der Waals surface area contributed by atoms with Crippen molar-refractivity contribution in [3.8, 4) is 0 Å². The lowest BCUT2D eigenvalue weighted by atomic mass is 10.2. The molecule has 1 aromatic rings. The molecular formula is C11H13F3N2O3. The standard InChI is InChI=1S/C11H13F3N2O3/c1-2-19-10(18)4-3-8(17)7-16-6-5-9(15-16)11(12,13)14/h5-6H,2-4,7H2,1H3. The smallest absolute Gasteiger partial charge is 0.435 e. The molecule has 5 nitrogen and oxygen atoms in total. The molecule has 8 heteroatoms. The number of carbonyl (C=O) groups excluding carboxylic acids is 2. The van der Waals surface area contributed by atoms with E-state index in [1.54, 1.807) is 6.92 Å². The average molecular weight is 278 g/mol. The number of alkyl halides is 3. The summed E-state index contributed by atoms with van der Waals surface area (Å²) in [6, 6.07) is 0.790. The molecular weight excluding hydrogens is 265 g/mol. The second-order valence-electron chi connectivity index (χ2n) is 3.74. The van der Waals surface area contributed by atoms with Crippen molar-refractivity contribution in [2.24, 2.45) is 0 Å². The van der Waals surface area contributed by atoms with Crippen molar-refractivity contribution in [3.05, 3.63) is 18.0 Å². The third kappa shape index (κ3) is 5.11. The molecule has 0 aliphatic heterocycles. The van der Waals surface area contributed by atoms with Crippen molar-refractivity contribution < 1.29 is 27.5 Å². The molecule has 0 spiro atoms. The minimum absolute atomic E-state index is 0.0833. The summed E-state index contributed by atoms with van der Waals surface area (Å²) in [7, 11) is 0. The lowest BCUT2D eigenvalue weighted by Crippen LogP contribution is -2.14. The highest BCUT2D eigenvalue weighted by atomic mass is 19.4. The van der Waals surface area contributed by atoms with Gasteiger partial charge >= 0.3 is 12.1 Å². The maximum Gasteiger partial charge on any atom is 0.435 e. The maximum absolute atomic E-state index is 12.3. The van der Waals surface area contributed by atoms with Crippen LogP contribution in [0.25, 0.3) is 0 Å². The van der Waals surface area contributed by atoms with E-state index in [2.05, 4.69) is 9.84 Å². The van der Waals surface area contributed by atoms with Gasteiger partial charge in [-0.15, -0.1) is 0 Å². The van der Waals surface area contributed by atoms with E-state index in [9.17, 15) is 22.8 Å². The van der Waals surface area contributed by atoms with Crippen molar-refractivity contribution in [2.75, 3.05) is 6.61 Å². The molecule has 106 valence electrons. The van der Waals surface area contributed by atoms with Gasteiger partial charge in [0.05, 0.1) is 19.6 Å². The first kappa shape index (κ1) is 15.2. The molecule has 0 aromatic carbocycles. The topological polar surface area (TPSA) is 61.2 Å². The first-order valence-corrected chi connectivity index (χ1v) is 5.61. The fraction of sp³-hybridized carbons (Fsp3) is 0.545. The third-order valence-corrected chi connectivity index (χ3v) is 2.18. The Morgan fingerprint density at radius 2 is 2.05 bits per heavy atom. The number of ether oxygens (including phenoxy) is 1. The van der Waals surface area contributed by atoms with Crippen LogP contribution in [-0.4, -0.2) is 28.1 Å². The molecule has 0 N–H and O–H groups in total. The first-order valence-electron chi connectivity index (χ1n) is 5.61. The SMILES string of the molecule is CCOC(=O)CCC(=O)Cn1ccc(C(F)(F)F)n1. The van der Waals surface area contributed by atoms with Gasteiger partial charge in [-0.1, -0.05) is 0 Å². The second kappa shape index (κ2) is 6.35. The molecule has 1 rings (SSSR count). The highest BCUT2D eigenvalue weighted by molar-refractivity contribution is 5.82. The summed E-state index contributed by atoms with van der Waals surface area (Å²) in [5.74, 6) is -0.892. The summed E-state index contributed by atoms with van der Waals surface area (Å²) in [5.41, 5.74) is -1.05. The molecule has 0 atom stereocenters. The summed E-state index contributed by atoms with van der Waals surface area (Å²) < 4.78 is 42.3. The average Bonchev–Trinajstić information content (AvgIpc) is 2.75. The zero-order valence-corrected chi connectivity index (χ0v) is 10.2. The number of carbonyl (C=O) groups is 2. The number of hydrogen-bond donors (Lipinski definition) is 0. The van der Waals surface area contributed by atoms with Crippen molar-refractivity contribution in [2.45, 2.75) is 32.5 Å². The minimum atomic E-state index is -4.53. The molecule has 0 aliphatic rings. The van der Waals surface area contributed by atoms with Gasteiger partial charge in [-0.05, 0) is 13.0 Å². The quantitative estimate of drug-likeness (QED) is 0.745. The van der Waals surface area contributed by atoms with Gasteiger partial charge in [0.2, 0.25) is 0 Å². The number of ketones is 1. The molecule has 19 heavy (non-hydrogen) atoms. The van der Waals surface area contributed by atoms with E-state index in [0.717, 1.165) is 16.9 Å². The second-order valence-corrected chi connectivity index (χ2v) is 3.74. The highest BCUT2D eigenvalue weighted by Crippen LogP contribution is 2.27. The Morgan fingerprint density at radius 3 is 2.58 bits per heavy atom. The zero-order valence-electron chi connectivity index (χ0n) is 10.2. The molecule has 0 saturated heterocycles. The Labute approximate surface area is 107 Å². The first-order chi connectivity index (χ1) is 8.82. The van der Waals surface area contributed by atoms with E-state index in [1.165, 1.54) is 0 Å². The van der Waals surface area contributed by atoms with E-state index >= 15 is 0 Å². The highest BCUT2D eigenvalue weighted by Gasteiger charge is 2.33. The van der Waals surface area contributed by atoms with Gasteiger partial charge < -0.3 is 4.74 Å². The summed E-state index contributed by atoms with van der Waals surface area (Å²) in [6.45, 7) is 1.57. The molecule has 0 bridgehead atoms. The fourth-order valence-electron chi connectivity index (χ4n) is 1.34. The molecule has 1 aromatic heterocycles. The summed E-state index contributed by atoms with van der Waals surface area (Å²) in [4.78, 5) is 22.4. The summed E-state index contributed by atoms with van der Waals surface area (Å²) in [6.07, 6.45) is -3.62. The van der Waals surface area contributed by atoms with Crippen LogP contribution < -0.4 is 0 Å². The number of rotatable bonds is 6. The number of halogens is 3. The normalized spacial score (nSPS) is 11.4. The number of nitrogens with zero attached hydrogens (tertiary/aromatic N) is 2. The van der Waals surface area contributed by atoms with E-state index in [0.29, 0.717) is 0 Å². The van der Waals surface area contributed by atoms with Gasteiger partial charge in [0.25, 0.3) is 0 Å². The number of Topliss-reactive ketones (excluding diaryl/α,β-unsaturated/α-hetero) is 1. The van der Waals surface area contributed by atoms with Gasteiger partial charge in [-0.25, -0.2) is 0 Å². The Kier molecular flexibility index (Phi) is 5.08. The fourth-order valence-corrected chi connectivity index (χ4v) is 1.34. The molecule has 0 radical (unpaired) electrons. The minimum Gasteiger partial charge on any atom is -0.466 e. The van der Waals surface area contributed by atoms with Gasteiger partial charge in [-0.2, -0.15) is 18.3 Å². The van der Waals surface area contributed by atoms with E-state index in [4.69, 9.17) is 0 Å². The Hall–Kier alpha value is -1.86.